The second-order valence-corrected chi connectivity index (χ2v) is 5.26. The van der Waals surface area contributed by atoms with E-state index in [1.807, 2.05) is 4.90 Å². The summed E-state index contributed by atoms with van der Waals surface area (Å²) in [5.74, 6) is 0. The summed E-state index contributed by atoms with van der Waals surface area (Å²) in [4.78, 5) is 5.90. The Kier molecular flexibility index (Phi) is 9.11. The zero-order valence-corrected chi connectivity index (χ0v) is 14.3. The first-order valence-corrected chi connectivity index (χ1v) is 6.88. The van der Waals surface area contributed by atoms with Crippen molar-refractivity contribution in [2.24, 2.45) is 0 Å². The van der Waals surface area contributed by atoms with Gasteiger partial charge in [-0.1, -0.05) is 6.07 Å². The second-order valence-electron chi connectivity index (χ2n) is 4.50. The van der Waals surface area contributed by atoms with Crippen LogP contribution in [0.4, 0.5) is 13.2 Å². The molecule has 1 atom stereocenters. The number of piperazine rings is 1. The molecule has 0 spiro atoms. The van der Waals surface area contributed by atoms with Crippen LogP contribution in [0.3, 0.4) is 0 Å². The van der Waals surface area contributed by atoms with Crippen molar-refractivity contribution in [3.05, 3.63) is 28.5 Å². The molecule has 0 aromatic carbocycles. The lowest BCUT2D eigenvalue weighted by Crippen LogP contribution is -2.46. The monoisotopic (exact) mass is 409 g/mol. The molecule has 1 N–H and O–H groups in total. The molecule has 2 rings (SSSR count). The summed E-state index contributed by atoms with van der Waals surface area (Å²) in [7, 11) is 0. The molecule has 0 bridgehead atoms. The number of nitrogens with one attached hydrogen (secondary N) is 1. The number of nitrogens with zero attached hydrogens (tertiary/aromatic N) is 2. The molecule has 1 aromatic rings. The number of hydrogen-bond donors (Lipinski definition) is 1. The molecule has 1 aromatic heterocycles. The Morgan fingerprint density at radius 1 is 1.29 bits per heavy atom. The Labute approximate surface area is 142 Å². The second kappa shape index (κ2) is 9.15. The van der Waals surface area contributed by atoms with Gasteiger partial charge in [0.1, 0.15) is 4.60 Å². The van der Waals surface area contributed by atoms with E-state index in [0.717, 1.165) is 0 Å². The van der Waals surface area contributed by atoms with Crippen LogP contribution in [0, 0.1) is 0 Å². The summed E-state index contributed by atoms with van der Waals surface area (Å²) in [6.45, 7) is 2.66. The average Bonchev–Trinajstić information content (AvgIpc) is 2.37. The average molecular weight is 411 g/mol. The van der Waals surface area contributed by atoms with Gasteiger partial charge in [-0.25, -0.2) is 4.98 Å². The van der Waals surface area contributed by atoms with Gasteiger partial charge < -0.3 is 5.32 Å². The van der Waals surface area contributed by atoms with Crippen molar-refractivity contribution in [3.63, 3.8) is 0 Å². The maximum Gasteiger partial charge on any atom is 0.390 e. The minimum absolute atomic E-state index is 0. The third-order valence-electron chi connectivity index (χ3n) is 3.16. The van der Waals surface area contributed by atoms with E-state index in [2.05, 4.69) is 26.2 Å². The van der Waals surface area contributed by atoms with Crippen LogP contribution in [0.25, 0.3) is 0 Å². The number of pyridine rings is 1. The fourth-order valence-electron chi connectivity index (χ4n) is 2.30. The molecular weight excluding hydrogens is 394 g/mol. The van der Waals surface area contributed by atoms with Gasteiger partial charge in [-0.15, -0.1) is 24.8 Å². The number of rotatable bonds is 3. The molecule has 9 heteroatoms. The topological polar surface area (TPSA) is 28.2 Å². The first-order valence-electron chi connectivity index (χ1n) is 6.09. The van der Waals surface area contributed by atoms with Gasteiger partial charge in [-0.05, 0) is 22.0 Å². The minimum atomic E-state index is -4.19. The molecule has 1 saturated heterocycles. The number of aromatic nitrogens is 1. The molecule has 1 aliphatic heterocycles. The van der Waals surface area contributed by atoms with E-state index in [-0.39, 0.29) is 24.8 Å². The Bertz CT molecular complexity index is 428. The molecule has 3 nitrogen and oxygen atoms in total. The van der Waals surface area contributed by atoms with Crippen molar-refractivity contribution in [2.45, 2.75) is 18.6 Å². The van der Waals surface area contributed by atoms with Gasteiger partial charge in [0.15, 0.2) is 0 Å². The van der Waals surface area contributed by atoms with Gasteiger partial charge in [0.2, 0.25) is 0 Å². The van der Waals surface area contributed by atoms with Crippen LogP contribution in [0.2, 0.25) is 0 Å². The quantitative estimate of drug-likeness (QED) is 0.772. The molecule has 0 amide bonds. The molecule has 21 heavy (non-hydrogen) atoms. The highest BCUT2D eigenvalue weighted by molar-refractivity contribution is 9.10. The largest absolute Gasteiger partial charge is 0.390 e. The molecule has 0 saturated carbocycles. The lowest BCUT2D eigenvalue weighted by Gasteiger charge is -2.35. The highest BCUT2D eigenvalue weighted by Gasteiger charge is 2.36. The Balaban J connectivity index is 0.00000200. The van der Waals surface area contributed by atoms with Gasteiger partial charge in [-0.3, -0.25) is 4.90 Å². The van der Waals surface area contributed by atoms with Crippen molar-refractivity contribution < 1.29 is 13.2 Å². The first kappa shape index (κ1) is 20.9. The first-order chi connectivity index (χ1) is 8.97. The summed E-state index contributed by atoms with van der Waals surface area (Å²) in [5, 5.41) is 3.15. The molecular formula is C12H17BrCl2F3N3. The Morgan fingerprint density at radius 3 is 2.43 bits per heavy atom. The molecule has 1 aliphatic rings. The van der Waals surface area contributed by atoms with Crippen LogP contribution in [0.5, 0.6) is 0 Å². The van der Waals surface area contributed by atoms with Crippen molar-refractivity contribution in [1.82, 2.24) is 15.2 Å². The Morgan fingerprint density at radius 2 is 1.90 bits per heavy atom. The summed E-state index contributed by atoms with van der Waals surface area (Å²) < 4.78 is 38.9. The van der Waals surface area contributed by atoms with Crippen LogP contribution in [-0.2, 0) is 0 Å². The zero-order chi connectivity index (χ0) is 13.9. The number of alkyl halides is 3. The summed E-state index contributed by atoms with van der Waals surface area (Å²) in [5.41, 5.74) is 0.599. The Hall–Kier alpha value is -0.0800. The summed E-state index contributed by atoms with van der Waals surface area (Å²) in [6, 6.07) is 2.70. The lowest BCUT2D eigenvalue weighted by molar-refractivity contribution is -0.148. The lowest BCUT2D eigenvalue weighted by atomic mass is 10.0. The molecule has 0 unspecified atom stereocenters. The van der Waals surface area contributed by atoms with Crippen LogP contribution in [0.15, 0.2) is 22.9 Å². The fourth-order valence-corrected chi connectivity index (χ4v) is 2.81. The van der Waals surface area contributed by atoms with Gasteiger partial charge in [0, 0.05) is 44.0 Å². The molecule has 122 valence electrons. The van der Waals surface area contributed by atoms with Crippen LogP contribution >= 0.6 is 40.7 Å². The highest BCUT2D eigenvalue weighted by Crippen LogP contribution is 2.36. The summed E-state index contributed by atoms with van der Waals surface area (Å²) >= 11 is 3.25. The van der Waals surface area contributed by atoms with Crippen LogP contribution in [-0.4, -0.2) is 42.2 Å². The van der Waals surface area contributed by atoms with Gasteiger partial charge >= 0.3 is 6.18 Å². The predicted molar refractivity (Wildman–Crippen MR) is 84.3 cm³/mol. The third kappa shape index (κ3) is 6.28. The van der Waals surface area contributed by atoms with Crippen LogP contribution in [0.1, 0.15) is 18.0 Å². The van der Waals surface area contributed by atoms with E-state index < -0.39 is 18.6 Å². The maximum absolute atomic E-state index is 12.8. The third-order valence-corrected chi connectivity index (χ3v) is 3.83. The molecule has 2 heterocycles. The van der Waals surface area contributed by atoms with E-state index in [4.69, 9.17) is 0 Å². The van der Waals surface area contributed by atoms with E-state index >= 15 is 0 Å². The minimum Gasteiger partial charge on any atom is -0.314 e. The highest BCUT2D eigenvalue weighted by atomic mass is 79.9. The van der Waals surface area contributed by atoms with Gasteiger partial charge in [-0.2, -0.15) is 13.2 Å². The molecule has 1 fully saturated rings. The standard InChI is InChI=1S/C12H15BrF3N3.2ClH/c13-11-9(2-1-3-18-11)10(8-12(14,15)16)19-6-4-17-5-7-19;;/h1-3,10,17H,4-8H2;2*1H/t10-;;/m0../s1. The molecule has 0 aliphatic carbocycles. The van der Waals surface area contributed by atoms with Crippen molar-refractivity contribution >= 4 is 40.7 Å². The van der Waals surface area contributed by atoms with Crippen LogP contribution < -0.4 is 5.32 Å². The van der Waals surface area contributed by atoms with E-state index in [9.17, 15) is 13.2 Å². The van der Waals surface area contributed by atoms with E-state index in [1.54, 1.807) is 18.3 Å². The SMILES string of the molecule is Cl.Cl.FC(F)(F)C[C@@H](c1cccnc1Br)N1CCNCC1. The molecule has 0 radical (unpaired) electrons. The van der Waals surface area contributed by atoms with E-state index in [1.165, 1.54) is 0 Å². The smallest absolute Gasteiger partial charge is 0.314 e. The summed E-state index contributed by atoms with van der Waals surface area (Å²) in [6.07, 6.45) is -3.47. The zero-order valence-electron chi connectivity index (χ0n) is 11.1. The number of hydrogen-bond acceptors (Lipinski definition) is 3. The van der Waals surface area contributed by atoms with Crippen molar-refractivity contribution in [1.29, 1.82) is 0 Å². The van der Waals surface area contributed by atoms with Gasteiger partial charge in [0.05, 0.1) is 6.42 Å². The van der Waals surface area contributed by atoms with Gasteiger partial charge in [0.25, 0.3) is 0 Å². The van der Waals surface area contributed by atoms with Crippen molar-refractivity contribution in [2.75, 3.05) is 26.2 Å². The maximum atomic E-state index is 12.8. The fraction of sp³-hybridized carbons (Fsp3) is 0.583. The normalized spacial score (nSPS) is 17.5. The number of halogens is 6. The van der Waals surface area contributed by atoms with Crippen molar-refractivity contribution in [3.8, 4) is 0 Å². The predicted octanol–water partition coefficient (Wildman–Crippen LogP) is 3.59. The van der Waals surface area contributed by atoms with E-state index in [0.29, 0.717) is 36.3 Å².